The molecule has 3 rings (SSSR count). The number of fused-ring (bicyclic) bond motifs is 1. The molecular weight excluding hydrogens is 286 g/mol. The Bertz CT molecular complexity index is 657. The molecule has 1 aliphatic heterocycles. The van der Waals surface area contributed by atoms with Crippen molar-refractivity contribution in [3.05, 3.63) is 63.7 Å². The maximum Gasteiger partial charge on any atom is 0.134 e. The van der Waals surface area contributed by atoms with Gasteiger partial charge in [0.15, 0.2) is 0 Å². The molecule has 0 aliphatic carbocycles. The van der Waals surface area contributed by atoms with Gasteiger partial charge in [-0.05, 0) is 53.8 Å². The van der Waals surface area contributed by atoms with E-state index in [1.54, 1.807) is 6.07 Å². The Kier molecular flexibility index (Phi) is 4.15. The van der Waals surface area contributed by atoms with E-state index in [-0.39, 0.29) is 18.4 Å². The SMILES string of the molecule is OCc1ccc2c(c1)CCN[C@H]2Cc1ccc(O)c(Cl)c1. The van der Waals surface area contributed by atoms with Crippen LogP contribution in [0.3, 0.4) is 0 Å². The molecule has 0 saturated heterocycles. The van der Waals surface area contributed by atoms with E-state index in [2.05, 4.69) is 17.4 Å². The van der Waals surface area contributed by atoms with Crippen LogP contribution in [0.4, 0.5) is 0 Å². The van der Waals surface area contributed by atoms with E-state index in [1.807, 2.05) is 18.2 Å². The highest BCUT2D eigenvalue weighted by Gasteiger charge is 2.20. The van der Waals surface area contributed by atoms with Crippen LogP contribution in [0, 0.1) is 0 Å². The Morgan fingerprint density at radius 3 is 2.71 bits per heavy atom. The van der Waals surface area contributed by atoms with Crippen LogP contribution in [0.25, 0.3) is 0 Å². The fourth-order valence-electron chi connectivity index (χ4n) is 2.90. The minimum atomic E-state index is 0.0823. The first-order valence-corrected chi connectivity index (χ1v) is 7.48. The number of benzene rings is 2. The molecule has 2 aromatic carbocycles. The number of aromatic hydroxyl groups is 1. The molecule has 4 heteroatoms. The van der Waals surface area contributed by atoms with Crippen LogP contribution in [-0.4, -0.2) is 16.8 Å². The zero-order valence-electron chi connectivity index (χ0n) is 11.6. The summed E-state index contributed by atoms with van der Waals surface area (Å²) in [7, 11) is 0. The third-order valence-corrected chi connectivity index (χ3v) is 4.31. The Balaban J connectivity index is 1.86. The minimum absolute atomic E-state index is 0.0823. The lowest BCUT2D eigenvalue weighted by atomic mass is 9.89. The van der Waals surface area contributed by atoms with Crippen molar-refractivity contribution in [2.75, 3.05) is 6.54 Å². The molecule has 0 saturated carbocycles. The van der Waals surface area contributed by atoms with Crippen LogP contribution < -0.4 is 5.32 Å². The van der Waals surface area contributed by atoms with Crippen molar-refractivity contribution < 1.29 is 10.2 Å². The highest BCUT2D eigenvalue weighted by Crippen LogP contribution is 2.29. The van der Waals surface area contributed by atoms with Crippen molar-refractivity contribution in [1.82, 2.24) is 5.32 Å². The molecule has 3 nitrogen and oxygen atoms in total. The number of nitrogens with one attached hydrogen (secondary N) is 1. The summed E-state index contributed by atoms with van der Waals surface area (Å²) >= 11 is 5.97. The number of aliphatic hydroxyl groups is 1. The quantitative estimate of drug-likeness (QED) is 0.817. The zero-order valence-corrected chi connectivity index (χ0v) is 12.4. The number of halogens is 1. The summed E-state index contributed by atoms with van der Waals surface area (Å²) in [5, 5.41) is 22.7. The summed E-state index contributed by atoms with van der Waals surface area (Å²) in [5.41, 5.74) is 4.63. The van der Waals surface area contributed by atoms with Gasteiger partial charge in [-0.2, -0.15) is 0 Å². The van der Waals surface area contributed by atoms with Gasteiger partial charge in [0.05, 0.1) is 11.6 Å². The predicted octanol–water partition coefficient (Wildman–Crippen LogP) is 2.97. The molecule has 1 aliphatic rings. The van der Waals surface area contributed by atoms with Gasteiger partial charge >= 0.3 is 0 Å². The Morgan fingerprint density at radius 1 is 1.14 bits per heavy atom. The fraction of sp³-hybridized carbons (Fsp3) is 0.294. The van der Waals surface area contributed by atoms with Crippen LogP contribution >= 0.6 is 11.6 Å². The van der Waals surface area contributed by atoms with Gasteiger partial charge in [0.1, 0.15) is 5.75 Å². The van der Waals surface area contributed by atoms with Crippen molar-refractivity contribution in [3.63, 3.8) is 0 Å². The molecule has 0 amide bonds. The van der Waals surface area contributed by atoms with Crippen LogP contribution in [-0.2, 0) is 19.4 Å². The summed E-state index contributed by atoms with van der Waals surface area (Å²) < 4.78 is 0. The molecule has 0 fully saturated rings. The second-order valence-corrected chi connectivity index (χ2v) is 5.85. The van der Waals surface area contributed by atoms with Gasteiger partial charge in [0.25, 0.3) is 0 Å². The van der Waals surface area contributed by atoms with Crippen molar-refractivity contribution >= 4 is 11.6 Å². The summed E-state index contributed by atoms with van der Waals surface area (Å²) in [4.78, 5) is 0. The molecule has 21 heavy (non-hydrogen) atoms. The number of phenols is 1. The standard InChI is InChI=1S/C17H18ClNO2/c18-15-8-11(2-4-17(15)21)9-16-14-3-1-12(10-20)7-13(14)5-6-19-16/h1-4,7-8,16,19-21H,5-6,9-10H2/t16-/m0/s1. The third-order valence-electron chi connectivity index (χ3n) is 4.00. The number of hydrogen-bond acceptors (Lipinski definition) is 3. The Labute approximate surface area is 129 Å². The van der Waals surface area contributed by atoms with Crippen molar-refractivity contribution in [2.45, 2.75) is 25.5 Å². The van der Waals surface area contributed by atoms with E-state index >= 15 is 0 Å². The summed E-state index contributed by atoms with van der Waals surface area (Å²) in [6.07, 6.45) is 1.81. The van der Waals surface area contributed by atoms with Crippen molar-refractivity contribution in [1.29, 1.82) is 0 Å². The summed E-state index contributed by atoms with van der Waals surface area (Å²) in [6.45, 7) is 1.01. The molecule has 110 valence electrons. The number of hydrogen-bond donors (Lipinski definition) is 3. The largest absolute Gasteiger partial charge is 0.506 e. The van der Waals surface area contributed by atoms with Gasteiger partial charge < -0.3 is 15.5 Å². The van der Waals surface area contributed by atoms with E-state index in [1.165, 1.54) is 11.1 Å². The molecule has 1 heterocycles. The smallest absolute Gasteiger partial charge is 0.134 e. The maximum atomic E-state index is 9.49. The molecule has 0 spiro atoms. The van der Waals surface area contributed by atoms with Crippen LogP contribution in [0.5, 0.6) is 5.75 Å². The maximum absolute atomic E-state index is 9.49. The molecule has 3 N–H and O–H groups in total. The van der Waals surface area contributed by atoms with Crippen LogP contribution in [0.15, 0.2) is 36.4 Å². The lowest BCUT2D eigenvalue weighted by Crippen LogP contribution is -2.31. The van der Waals surface area contributed by atoms with Gasteiger partial charge in [-0.3, -0.25) is 0 Å². The van der Waals surface area contributed by atoms with E-state index in [0.29, 0.717) is 5.02 Å². The number of rotatable bonds is 3. The van der Waals surface area contributed by atoms with Gasteiger partial charge in [0.2, 0.25) is 0 Å². The van der Waals surface area contributed by atoms with Gasteiger partial charge in [-0.1, -0.05) is 35.9 Å². The number of aliphatic hydroxyl groups excluding tert-OH is 1. The normalized spacial score (nSPS) is 17.5. The molecule has 0 bridgehead atoms. The topological polar surface area (TPSA) is 52.5 Å². The van der Waals surface area contributed by atoms with Crippen LogP contribution in [0.2, 0.25) is 5.02 Å². The summed E-state index contributed by atoms with van der Waals surface area (Å²) in [5.74, 6) is 0.116. The highest BCUT2D eigenvalue weighted by molar-refractivity contribution is 6.32. The first-order chi connectivity index (χ1) is 10.2. The molecule has 0 radical (unpaired) electrons. The van der Waals surface area contributed by atoms with E-state index < -0.39 is 0 Å². The van der Waals surface area contributed by atoms with Crippen LogP contribution in [0.1, 0.15) is 28.3 Å². The fourth-order valence-corrected chi connectivity index (χ4v) is 3.10. The van der Waals surface area contributed by atoms with Gasteiger partial charge in [0, 0.05) is 6.04 Å². The highest BCUT2D eigenvalue weighted by atomic mass is 35.5. The lowest BCUT2D eigenvalue weighted by molar-refractivity contribution is 0.281. The van der Waals surface area contributed by atoms with E-state index in [0.717, 1.165) is 30.5 Å². The zero-order chi connectivity index (χ0) is 14.8. The Hall–Kier alpha value is -1.55. The van der Waals surface area contributed by atoms with Crippen molar-refractivity contribution in [2.24, 2.45) is 0 Å². The van der Waals surface area contributed by atoms with E-state index in [4.69, 9.17) is 11.6 Å². The molecule has 0 aromatic heterocycles. The predicted molar refractivity (Wildman–Crippen MR) is 83.6 cm³/mol. The third kappa shape index (κ3) is 3.05. The Morgan fingerprint density at radius 2 is 1.95 bits per heavy atom. The first kappa shape index (κ1) is 14.4. The van der Waals surface area contributed by atoms with Gasteiger partial charge in [-0.25, -0.2) is 0 Å². The molecule has 2 aromatic rings. The second kappa shape index (κ2) is 6.06. The van der Waals surface area contributed by atoms with Crippen molar-refractivity contribution in [3.8, 4) is 5.75 Å². The average molecular weight is 304 g/mol. The van der Waals surface area contributed by atoms with E-state index in [9.17, 15) is 10.2 Å². The summed E-state index contributed by atoms with van der Waals surface area (Å²) in [6, 6.07) is 11.8. The second-order valence-electron chi connectivity index (χ2n) is 5.44. The van der Waals surface area contributed by atoms with Gasteiger partial charge in [-0.15, -0.1) is 0 Å². The minimum Gasteiger partial charge on any atom is -0.506 e. The monoisotopic (exact) mass is 303 g/mol. The molecule has 1 atom stereocenters. The molecule has 0 unspecified atom stereocenters. The number of phenolic OH excluding ortho intramolecular Hbond substituents is 1. The lowest BCUT2D eigenvalue weighted by Gasteiger charge is -2.27. The first-order valence-electron chi connectivity index (χ1n) is 7.10. The molecular formula is C17H18ClNO2. The average Bonchev–Trinajstić information content (AvgIpc) is 2.50.